The van der Waals surface area contributed by atoms with E-state index in [1.165, 1.54) is 24.4 Å². The Kier molecular flexibility index (Phi) is 4.30. The molecule has 0 unspecified atom stereocenters. The highest BCUT2D eigenvalue weighted by molar-refractivity contribution is 6.00. The van der Waals surface area contributed by atoms with Crippen molar-refractivity contribution in [3.05, 3.63) is 65.2 Å². The zero-order chi connectivity index (χ0) is 15.2. The highest BCUT2D eigenvalue weighted by Gasteiger charge is 2.09. The van der Waals surface area contributed by atoms with Gasteiger partial charge in [-0.15, -0.1) is 0 Å². The summed E-state index contributed by atoms with van der Waals surface area (Å²) >= 11 is 0. The van der Waals surface area contributed by atoms with Gasteiger partial charge in [0, 0.05) is 5.56 Å². The smallest absolute Gasteiger partial charge is 0.336 e. The van der Waals surface area contributed by atoms with Crippen LogP contribution in [-0.2, 0) is 0 Å². The van der Waals surface area contributed by atoms with Crippen LogP contribution < -0.4 is 5.43 Å². The van der Waals surface area contributed by atoms with Crippen LogP contribution in [-0.4, -0.2) is 28.3 Å². The summed E-state index contributed by atoms with van der Waals surface area (Å²) in [6, 6.07) is 12.3. The van der Waals surface area contributed by atoms with E-state index in [-0.39, 0.29) is 16.9 Å². The van der Waals surface area contributed by atoms with Crippen molar-refractivity contribution in [2.45, 2.75) is 0 Å². The van der Waals surface area contributed by atoms with Crippen molar-refractivity contribution in [1.29, 1.82) is 0 Å². The number of carbonyl (C=O) groups excluding carboxylic acids is 1. The molecule has 106 valence electrons. The van der Waals surface area contributed by atoms with Gasteiger partial charge in [-0.25, -0.2) is 10.2 Å². The number of hydrogen-bond acceptors (Lipinski definition) is 4. The molecular formula is C15H12N2O4. The van der Waals surface area contributed by atoms with Crippen molar-refractivity contribution >= 4 is 18.1 Å². The summed E-state index contributed by atoms with van der Waals surface area (Å²) in [7, 11) is 0. The molecule has 0 aromatic heterocycles. The zero-order valence-corrected chi connectivity index (χ0v) is 10.9. The summed E-state index contributed by atoms with van der Waals surface area (Å²) in [5.41, 5.74) is 2.76. The zero-order valence-electron chi connectivity index (χ0n) is 10.9. The fraction of sp³-hybridized carbons (Fsp3) is 0. The molecule has 0 radical (unpaired) electrons. The second-order valence-electron chi connectivity index (χ2n) is 4.11. The number of rotatable bonds is 4. The largest absolute Gasteiger partial charge is 0.507 e. The van der Waals surface area contributed by atoms with Gasteiger partial charge in [-0.05, 0) is 18.2 Å². The summed E-state index contributed by atoms with van der Waals surface area (Å²) < 4.78 is 0. The van der Waals surface area contributed by atoms with Crippen LogP contribution in [0.2, 0.25) is 0 Å². The standard InChI is InChI=1S/C15H12N2O4/c18-13-8-4-3-7-12(13)14(19)17-16-9-10-5-1-2-6-11(10)15(20)21/h1-9,18H,(H,17,19)(H,20,21)/b16-9+. The summed E-state index contributed by atoms with van der Waals surface area (Å²) in [6.45, 7) is 0. The van der Waals surface area contributed by atoms with Gasteiger partial charge in [0.05, 0.1) is 17.3 Å². The van der Waals surface area contributed by atoms with E-state index in [0.29, 0.717) is 5.56 Å². The number of hydrazone groups is 1. The third-order valence-corrected chi connectivity index (χ3v) is 2.71. The van der Waals surface area contributed by atoms with E-state index in [1.54, 1.807) is 30.3 Å². The molecule has 0 heterocycles. The molecule has 0 bridgehead atoms. The predicted molar refractivity (Wildman–Crippen MR) is 76.6 cm³/mol. The molecule has 21 heavy (non-hydrogen) atoms. The average molecular weight is 284 g/mol. The van der Waals surface area contributed by atoms with Gasteiger partial charge < -0.3 is 10.2 Å². The molecule has 0 aliphatic rings. The Bertz CT molecular complexity index is 710. The molecule has 0 aliphatic carbocycles. The minimum atomic E-state index is -1.08. The lowest BCUT2D eigenvalue weighted by molar-refractivity contribution is 0.0696. The summed E-state index contributed by atoms with van der Waals surface area (Å²) in [6.07, 6.45) is 1.24. The van der Waals surface area contributed by atoms with E-state index >= 15 is 0 Å². The number of carboxylic acid groups (broad SMARTS) is 1. The first-order valence-corrected chi connectivity index (χ1v) is 6.03. The van der Waals surface area contributed by atoms with Gasteiger partial charge in [-0.1, -0.05) is 30.3 Å². The topological polar surface area (TPSA) is 99.0 Å². The molecular weight excluding hydrogens is 272 g/mol. The molecule has 2 aromatic carbocycles. The van der Waals surface area contributed by atoms with Crippen LogP contribution in [0.3, 0.4) is 0 Å². The number of phenols is 1. The van der Waals surface area contributed by atoms with Gasteiger partial charge in [0.1, 0.15) is 5.75 Å². The van der Waals surface area contributed by atoms with Crippen LogP contribution in [0.15, 0.2) is 53.6 Å². The molecule has 1 amide bonds. The van der Waals surface area contributed by atoms with Crippen molar-refractivity contribution in [1.82, 2.24) is 5.43 Å². The van der Waals surface area contributed by atoms with E-state index in [2.05, 4.69) is 10.5 Å². The van der Waals surface area contributed by atoms with E-state index in [4.69, 9.17) is 5.11 Å². The highest BCUT2D eigenvalue weighted by Crippen LogP contribution is 2.14. The number of para-hydroxylation sites is 1. The van der Waals surface area contributed by atoms with Gasteiger partial charge in [-0.3, -0.25) is 4.79 Å². The Hall–Kier alpha value is -3.15. The first kappa shape index (κ1) is 14.3. The Morgan fingerprint density at radius 2 is 1.62 bits per heavy atom. The predicted octanol–water partition coefficient (Wildman–Crippen LogP) is 1.85. The molecule has 0 saturated heterocycles. The molecule has 0 aliphatic heterocycles. The van der Waals surface area contributed by atoms with Gasteiger partial charge in [0.15, 0.2) is 0 Å². The Labute approximate surface area is 120 Å². The molecule has 0 spiro atoms. The second-order valence-corrected chi connectivity index (χ2v) is 4.11. The minimum absolute atomic E-state index is 0.0815. The third kappa shape index (κ3) is 3.44. The maximum Gasteiger partial charge on any atom is 0.336 e. The molecule has 6 heteroatoms. The SMILES string of the molecule is O=C(N/N=C/c1ccccc1C(=O)O)c1ccccc1O. The average Bonchev–Trinajstić information content (AvgIpc) is 2.48. The third-order valence-electron chi connectivity index (χ3n) is 2.71. The highest BCUT2D eigenvalue weighted by atomic mass is 16.4. The lowest BCUT2D eigenvalue weighted by atomic mass is 10.1. The molecule has 0 fully saturated rings. The lowest BCUT2D eigenvalue weighted by Gasteiger charge is -2.02. The number of hydrogen-bond donors (Lipinski definition) is 3. The number of benzene rings is 2. The Balaban J connectivity index is 2.12. The van der Waals surface area contributed by atoms with Gasteiger partial charge in [0.25, 0.3) is 5.91 Å². The number of aromatic carboxylic acids is 1. The summed E-state index contributed by atoms with van der Waals surface area (Å²) in [5, 5.41) is 22.2. The van der Waals surface area contributed by atoms with Crippen LogP contribution in [0.25, 0.3) is 0 Å². The van der Waals surface area contributed by atoms with Crippen LogP contribution in [0, 0.1) is 0 Å². The molecule has 0 saturated carbocycles. The minimum Gasteiger partial charge on any atom is -0.507 e. The van der Waals surface area contributed by atoms with Gasteiger partial charge in [0.2, 0.25) is 0 Å². The van der Waals surface area contributed by atoms with Gasteiger partial charge >= 0.3 is 5.97 Å². The maximum atomic E-state index is 11.8. The van der Waals surface area contributed by atoms with E-state index in [0.717, 1.165) is 0 Å². The summed E-state index contributed by atoms with van der Waals surface area (Å²) in [4.78, 5) is 22.8. The molecule has 0 atom stereocenters. The van der Waals surface area contributed by atoms with E-state index in [1.807, 2.05) is 0 Å². The monoisotopic (exact) mass is 284 g/mol. The number of carboxylic acids is 1. The molecule has 2 aromatic rings. The Morgan fingerprint density at radius 3 is 2.29 bits per heavy atom. The van der Waals surface area contributed by atoms with Crippen LogP contribution in [0.4, 0.5) is 0 Å². The first-order chi connectivity index (χ1) is 10.1. The number of carbonyl (C=O) groups is 2. The molecule has 3 N–H and O–H groups in total. The quantitative estimate of drug-likeness (QED) is 0.589. The summed E-state index contributed by atoms with van der Waals surface area (Å²) in [5.74, 6) is -1.82. The van der Waals surface area contributed by atoms with Crippen molar-refractivity contribution in [3.63, 3.8) is 0 Å². The van der Waals surface area contributed by atoms with Crippen molar-refractivity contribution in [2.75, 3.05) is 0 Å². The van der Waals surface area contributed by atoms with Crippen LogP contribution in [0.5, 0.6) is 5.75 Å². The van der Waals surface area contributed by atoms with Crippen molar-refractivity contribution < 1.29 is 19.8 Å². The Morgan fingerprint density at radius 1 is 1.00 bits per heavy atom. The lowest BCUT2D eigenvalue weighted by Crippen LogP contribution is -2.17. The number of nitrogens with one attached hydrogen (secondary N) is 1. The first-order valence-electron chi connectivity index (χ1n) is 6.03. The fourth-order valence-electron chi connectivity index (χ4n) is 1.69. The fourth-order valence-corrected chi connectivity index (χ4v) is 1.69. The van der Waals surface area contributed by atoms with E-state index in [9.17, 15) is 14.7 Å². The molecule has 6 nitrogen and oxygen atoms in total. The van der Waals surface area contributed by atoms with Crippen molar-refractivity contribution in [2.24, 2.45) is 5.10 Å². The van der Waals surface area contributed by atoms with E-state index < -0.39 is 11.9 Å². The van der Waals surface area contributed by atoms with Crippen LogP contribution in [0.1, 0.15) is 26.3 Å². The number of aromatic hydroxyl groups is 1. The maximum absolute atomic E-state index is 11.8. The molecule has 2 rings (SSSR count). The number of phenolic OH excluding ortho intramolecular Hbond substituents is 1. The van der Waals surface area contributed by atoms with Gasteiger partial charge in [-0.2, -0.15) is 5.10 Å². The second kappa shape index (κ2) is 6.33. The number of amides is 1. The van der Waals surface area contributed by atoms with Crippen molar-refractivity contribution in [3.8, 4) is 5.75 Å². The number of nitrogens with zero attached hydrogens (tertiary/aromatic N) is 1. The normalized spacial score (nSPS) is 10.5. The van der Waals surface area contributed by atoms with Crippen LogP contribution >= 0.6 is 0 Å².